The molecule has 5 rings (SSSR count). The van der Waals surface area contributed by atoms with Gasteiger partial charge < -0.3 is 20.5 Å². The number of anilines is 1. The highest BCUT2D eigenvalue weighted by atomic mass is 19.3. The van der Waals surface area contributed by atoms with Crippen molar-refractivity contribution in [3.63, 3.8) is 0 Å². The predicted molar refractivity (Wildman–Crippen MR) is 110 cm³/mol. The zero-order valence-electron chi connectivity index (χ0n) is 16.7. The second-order valence-corrected chi connectivity index (χ2v) is 8.01. The number of hydrogen-bond donors (Lipinski definition) is 3. The van der Waals surface area contributed by atoms with Crippen LogP contribution >= 0.6 is 0 Å². The van der Waals surface area contributed by atoms with Gasteiger partial charge in [-0.15, -0.1) is 0 Å². The van der Waals surface area contributed by atoms with Gasteiger partial charge in [-0.25, -0.2) is 8.78 Å². The van der Waals surface area contributed by atoms with Crippen LogP contribution in [0.3, 0.4) is 0 Å². The van der Waals surface area contributed by atoms with Crippen molar-refractivity contribution in [2.24, 2.45) is 5.92 Å². The molecule has 0 radical (unpaired) electrons. The molecular weight excluding hydrogens is 406 g/mol. The van der Waals surface area contributed by atoms with Crippen molar-refractivity contribution in [1.82, 2.24) is 25.0 Å². The molecule has 0 spiro atoms. The van der Waals surface area contributed by atoms with Gasteiger partial charge in [-0.3, -0.25) is 14.3 Å². The average Bonchev–Trinajstić information content (AvgIpc) is 3.35. The zero-order chi connectivity index (χ0) is 21.6. The van der Waals surface area contributed by atoms with Crippen molar-refractivity contribution >= 4 is 28.5 Å². The lowest BCUT2D eigenvalue weighted by atomic mass is 9.93. The van der Waals surface area contributed by atoms with Gasteiger partial charge in [-0.05, 0) is 25.1 Å². The van der Waals surface area contributed by atoms with Crippen molar-refractivity contribution in [3.8, 4) is 0 Å². The highest BCUT2D eigenvalue weighted by molar-refractivity contribution is 5.98. The van der Waals surface area contributed by atoms with Crippen molar-refractivity contribution in [2.75, 3.05) is 25.0 Å². The molecule has 1 unspecified atom stereocenters. The minimum Gasteiger partial charge on any atom is -0.351 e. The number of fused-ring (bicyclic) bond motifs is 2. The summed E-state index contributed by atoms with van der Waals surface area (Å²) in [6.07, 6.45) is 0.0686. The Labute approximate surface area is 176 Å². The van der Waals surface area contributed by atoms with Crippen LogP contribution in [0.5, 0.6) is 0 Å². The quantitative estimate of drug-likeness (QED) is 0.596. The van der Waals surface area contributed by atoms with Crippen LogP contribution in [0.1, 0.15) is 22.6 Å². The predicted octanol–water partition coefficient (Wildman–Crippen LogP) is 2.20. The summed E-state index contributed by atoms with van der Waals surface area (Å²) in [6.45, 7) is 1.11. The molecule has 0 bridgehead atoms. The molecule has 3 N–H and O–H groups in total. The number of carbonyl (C=O) groups is 2. The smallest absolute Gasteiger partial charge is 0.271 e. The summed E-state index contributed by atoms with van der Waals surface area (Å²) in [6, 6.07) is 11.1. The third-order valence-corrected chi connectivity index (χ3v) is 5.89. The van der Waals surface area contributed by atoms with Crippen LogP contribution in [-0.2, 0) is 17.9 Å². The standard InChI is InChI=1S/C21H22F2N6O2/c22-21(23)12-24-6-5-15(21)19(30)26-18-10-14-11-28(7-8-29(14)27-18)20(31)17-9-13-3-1-2-4-16(13)25-17/h1-4,9-10,15,24-25H,5-8,11-12H2,(H,26,27,30). The van der Waals surface area contributed by atoms with Crippen LogP contribution in [0.25, 0.3) is 10.9 Å². The van der Waals surface area contributed by atoms with Crippen LogP contribution in [0, 0.1) is 5.92 Å². The lowest BCUT2D eigenvalue weighted by Crippen LogP contribution is -2.50. The molecule has 31 heavy (non-hydrogen) atoms. The van der Waals surface area contributed by atoms with Gasteiger partial charge in [-0.2, -0.15) is 5.10 Å². The minimum atomic E-state index is -3.09. The maximum atomic E-state index is 14.0. The first-order valence-corrected chi connectivity index (χ1v) is 10.2. The molecule has 0 saturated carbocycles. The van der Waals surface area contributed by atoms with E-state index in [1.807, 2.05) is 30.3 Å². The summed E-state index contributed by atoms with van der Waals surface area (Å²) in [5.74, 6) is -5.09. The number of alkyl halides is 2. The number of piperidine rings is 1. The third kappa shape index (κ3) is 3.67. The monoisotopic (exact) mass is 428 g/mol. The van der Waals surface area contributed by atoms with E-state index < -0.39 is 24.3 Å². The first kappa shape index (κ1) is 19.7. The number of nitrogens with zero attached hydrogens (tertiary/aromatic N) is 3. The topological polar surface area (TPSA) is 95.1 Å². The van der Waals surface area contributed by atoms with Crippen molar-refractivity contribution in [1.29, 1.82) is 0 Å². The van der Waals surface area contributed by atoms with E-state index in [9.17, 15) is 18.4 Å². The van der Waals surface area contributed by atoms with E-state index in [2.05, 4.69) is 20.7 Å². The van der Waals surface area contributed by atoms with E-state index in [4.69, 9.17) is 0 Å². The second-order valence-electron chi connectivity index (χ2n) is 8.01. The molecule has 2 aliphatic rings. The number of aromatic nitrogens is 3. The highest BCUT2D eigenvalue weighted by Gasteiger charge is 2.46. The van der Waals surface area contributed by atoms with Crippen LogP contribution < -0.4 is 10.6 Å². The Morgan fingerprint density at radius 1 is 1.19 bits per heavy atom. The van der Waals surface area contributed by atoms with E-state index in [0.29, 0.717) is 31.9 Å². The Balaban J connectivity index is 1.29. The van der Waals surface area contributed by atoms with Crippen molar-refractivity contribution in [3.05, 3.63) is 47.8 Å². The Morgan fingerprint density at radius 3 is 2.84 bits per heavy atom. The van der Waals surface area contributed by atoms with Crippen LogP contribution in [0.2, 0.25) is 0 Å². The molecular formula is C21H22F2N6O2. The molecule has 10 heteroatoms. The second kappa shape index (κ2) is 7.45. The SMILES string of the molecule is O=C(Nc1cc2n(n1)CCN(C(=O)c1cc3ccccc3[nH]1)C2)C1CCNCC1(F)F. The van der Waals surface area contributed by atoms with Gasteiger partial charge in [0.25, 0.3) is 11.8 Å². The fourth-order valence-corrected chi connectivity index (χ4v) is 4.23. The van der Waals surface area contributed by atoms with Gasteiger partial charge in [0.1, 0.15) is 11.6 Å². The van der Waals surface area contributed by atoms with Gasteiger partial charge in [0.15, 0.2) is 5.82 Å². The maximum Gasteiger partial charge on any atom is 0.271 e. The summed E-state index contributed by atoms with van der Waals surface area (Å²) >= 11 is 0. The van der Waals surface area contributed by atoms with E-state index in [1.54, 1.807) is 15.6 Å². The van der Waals surface area contributed by atoms with Crippen LogP contribution in [-0.4, -0.2) is 57.0 Å². The summed E-state index contributed by atoms with van der Waals surface area (Å²) in [4.78, 5) is 30.2. The van der Waals surface area contributed by atoms with Crippen molar-refractivity contribution < 1.29 is 18.4 Å². The number of nitrogens with one attached hydrogen (secondary N) is 3. The summed E-state index contributed by atoms with van der Waals surface area (Å²) in [7, 11) is 0. The fraction of sp³-hybridized carbons (Fsp3) is 0.381. The molecule has 2 amide bonds. The molecule has 8 nitrogen and oxygen atoms in total. The summed E-state index contributed by atoms with van der Waals surface area (Å²) < 4.78 is 29.8. The number of hydrogen-bond acceptors (Lipinski definition) is 4. The fourth-order valence-electron chi connectivity index (χ4n) is 4.23. The molecule has 1 atom stereocenters. The third-order valence-electron chi connectivity index (χ3n) is 5.89. The molecule has 1 fully saturated rings. The first-order valence-electron chi connectivity index (χ1n) is 10.2. The summed E-state index contributed by atoms with van der Waals surface area (Å²) in [5.41, 5.74) is 2.14. The van der Waals surface area contributed by atoms with E-state index in [0.717, 1.165) is 16.6 Å². The molecule has 1 saturated heterocycles. The normalized spacial score (nSPS) is 20.5. The van der Waals surface area contributed by atoms with Gasteiger partial charge in [-0.1, -0.05) is 18.2 Å². The molecule has 0 aliphatic carbocycles. The van der Waals surface area contributed by atoms with E-state index in [-0.39, 0.29) is 18.1 Å². The molecule has 1 aromatic carbocycles. The Morgan fingerprint density at radius 2 is 2.03 bits per heavy atom. The Bertz CT molecular complexity index is 1120. The number of H-pyrrole nitrogens is 1. The average molecular weight is 428 g/mol. The number of rotatable bonds is 3. The van der Waals surface area contributed by atoms with Crippen LogP contribution in [0.15, 0.2) is 36.4 Å². The van der Waals surface area contributed by atoms with E-state index >= 15 is 0 Å². The molecule has 2 aliphatic heterocycles. The van der Waals surface area contributed by atoms with Crippen LogP contribution in [0.4, 0.5) is 14.6 Å². The number of benzene rings is 1. The lowest BCUT2D eigenvalue weighted by Gasteiger charge is -2.30. The number of halogens is 2. The van der Waals surface area contributed by atoms with Gasteiger partial charge in [0.2, 0.25) is 5.91 Å². The first-order chi connectivity index (χ1) is 14.9. The number of aromatic amines is 1. The van der Waals surface area contributed by atoms with E-state index in [1.165, 1.54) is 0 Å². The Hall–Kier alpha value is -3.27. The minimum absolute atomic E-state index is 0.0686. The number of carbonyl (C=O) groups excluding carboxylic acids is 2. The lowest BCUT2D eigenvalue weighted by molar-refractivity contribution is -0.137. The van der Waals surface area contributed by atoms with Crippen molar-refractivity contribution in [2.45, 2.75) is 25.4 Å². The highest BCUT2D eigenvalue weighted by Crippen LogP contribution is 2.30. The Kier molecular flexibility index (Phi) is 4.73. The molecule has 3 aromatic rings. The molecule has 162 valence electrons. The van der Waals surface area contributed by atoms with Gasteiger partial charge >= 0.3 is 0 Å². The number of para-hydroxylation sites is 1. The largest absolute Gasteiger partial charge is 0.351 e. The molecule has 2 aromatic heterocycles. The van der Waals surface area contributed by atoms with Gasteiger partial charge in [0.05, 0.1) is 25.3 Å². The summed E-state index contributed by atoms with van der Waals surface area (Å²) in [5, 5.41) is 10.4. The molecule has 4 heterocycles. The number of amides is 2. The van der Waals surface area contributed by atoms with Gasteiger partial charge in [0, 0.05) is 23.5 Å². The zero-order valence-corrected chi connectivity index (χ0v) is 16.7. The maximum absolute atomic E-state index is 14.0.